The lowest BCUT2D eigenvalue weighted by Crippen LogP contribution is -2.23. The number of rotatable bonds is 4. The first-order valence-corrected chi connectivity index (χ1v) is 9.35. The number of nitrogens with zero attached hydrogens (tertiary/aromatic N) is 1. The average molecular weight is 380 g/mol. The quantitative estimate of drug-likeness (QED) is 0.551. The van der Waals surface area contributed by atoms with Crippen LogP contribution in [0.5, 0.6) is 0 Å². The molecule has 2 nitrogen and oxygen atoms in total. The van der Waals surface area contributed by atoms with E-state index in [0.717, 1.165) is 5.69 Å². The summed E-state index contributed by atoms with van der Waals surface area (Å²) in [5.41, 5.74) is 2.26. The molecule has 0 amide bonds. The first-order valence-electron chi connectivity index (χ1n) is 8.97. The molecule has 1 saturated heterocycles. The monoisotopic (exact) mass is 379 g/mol. The smallest absolute Gasteiger partial charge is 0.168 e. The first kappa shape index (κ1) is 17.7. The molecule has 3 aromatic carbocycles. The van der Waals surface area contributed by atoms with Crippen LogP contribution in [0.25, 0.3) is 0 Å². The van der Waals surface area contributed by atoms with Crippen LogP contribution in [0.15, 0.2) is 78.9 Å². The molecule has 0 aliphatic carbocycles. The number of para-hydroxylation sites is 1. The third kappa shape index (κ3) is 3.60. The molecule has 1 fully saturated rings. The van der Waals surface area contributed by atoms with Crippen LogP contribution in [0.2, 0.25) is 5.02 Å². The second kappa shape index (κ2) is 7.53. The molecule has 3 aromatic rings. The molecule has 1 aliphatic heterocycles. The maximum absolute atomic E-state index is 14.5. The summed E-state index contributed by atoms with van der Waals surface area (Å²) in [4.78, 5) is 15.4. The number of anilines is 1. The molecule has 1 heterocycles. The van der Waals surface area contributed by atoms with E-state index in [-0.39, 0.29) is 23.4 Å². The topological polar surface area (TPSA) is 20.3 Å². The average Bonchev–Trinajstić information content (AvgIpc) is 3.14. The van der Waals surface area contributed by atoms with E-state index < -0.39 is 0 Å². The van der Waals surface area contributed by atoms with E-state index >= 15 is 0 Å². The van der Waals surface area contributed by atoms with Crippen molar-refractivity contribution in [1.29, 1.82) is 0 Å². The zero-order valence-electron chi connectivity index (χ0n) is 14.7. The molecule has 0 aromatic heterocycles. The van der Waals surface area contributed by atoms with Crippen molar-refractivity contribution in [1.82, 2.24) is 0 Å². The minimum absolute atomic E-state index is 0.0263. The van der Waals surface area contributed by atoms with Crippen LogP contribution in [0.4, 0.5) is 10.1 Å². The molecule has 27 heavy (non-hydrogen) atoms. The molecule has 4 heteroatoms. The maximum atomic E-state index is 14.5. The second-order valence-electron chi connectivity index (χ2n) is 6.85. The number of ketones is 1. The number of halogens is 2. The molecule has 136 valence electrons. The molecular weight excluding hydrogens is 361 g/mol. The Morgan fingerprint density at radius 2 is 1.56 bits per heavy atom. The Hall–Kier alpha value is -2.65. The molecule has 1 aliphatic rings. The summed E-state index contributed by atoms with van der Waals surface area (Å²) >= 11 is 5.96. The highest BCUT2D eigenvalue weighted by atomic mass is 35.5. The number of hydrogen-bond donors (Lipinski definition) is 0. The standard InChI is InChI=1S/C23H19ClFNO/c24-17-12-10-16(11-13-17)23(27)21-15-26(18-6-2-1-3-7-18)14-20(21)19-8-4-5-9-22(19)25/h1-13,20-21H,14-15H2. The second-order valence-corrected chi connectivity index (χ2v) is 7.28. The normalized spacial score (nSPS) is 19.3. The van der Waals surface area contributed by atoms with Crippen molar-refractivity contribution in [2.45, 2.75) is 5.92 Å². The Balaban J connectivity index is 1.70. The van der Waals surface area contributed by atoms with Crippen molar-refractivity contribution in [2.24, 2.45) is 5.92 Å². The largest absolute Gasteiger partial charge is 0.370 e. The van der Waals surface area contributed by atoms with Gasteiger partial charge in [0.25, 0.3) is 0 Å². The van der Waals surface area contributed by atoms with Gasteiger partial charge in [-0.2, -0.15) is 0 Å². The van der Waals surface area contributed by atoms with Gasteiger partial charge in [-0.25, -0.2) is 4.39 Å². The van der Waals surface area contributed by atoms with Gasteiger partial charge in [0.15, 0.2) is 5.78 Å². The van der Waals surface area contributed by atoms with E-state index in [1.165, 1.54) is 6.07 Å². The zero-order valence-corrected chi connectivity index (χ0v) is 15.4. The summed E-state index contributed by atoms with van der Waals surface area (Å²) in [7, 11) is 0. The SMILES string of the molecule is O=C(c1ccc(Cl)cc1)C1CN(c2ccccc2)CC1c1ccccc1F. The molecule has 0 bridgehead atoms. The minimum atomic E-state index is -0.316. The Morgan fingerprint density at radius 3 is 2.26 bits per heavy atom. The Kier molecular flexibility index (Phi) is 4.95. The summed E-state index contributed by atoms with van der Waals surface area (Å²) in [6, 6.07) is 23.6. The van der Waals surface area contributed by atoms with E-state index in [1.807, 2.05) is 36.4 Å². The van der Waals surface area contributed by atoms with Gasteiger partial charge in [0, 0.05) is 41.2 Å². The van der Waals surface area contributed by atoms with E-state index in [2.05, 4.69) is 4.90 Å². The van der Waals surface area contributed by atoms with Crippen molar-refractivity contribution >= 4 is 23.1 Å². The number of Topliss-reactive ketones (excluding diaryl/α,β-unsaturated/α-hetero) is 1. The fraction of sp³-hybridized carbons (Fsp3) is 0.174. The van der Waals surface area contributed by atoms with Crippen LogP contribution in [-0.4, -0.2) is 18.9 Å². The summed E-state index contributed by atoms with van der Waals surface area (Å²) in [6.45, 7) is 1.17. The third-order valence-corrected chi connectivity index (χ3v) is 5.46. The van der Waals surface area contributed by atoms with Crippen molar-refractivity contribution in [3.05, 3.63) is 101 Å². The van der Waals surface area contributed by atoms with Crippen molar-refractivity contribution in [3.63, 3.8) is 0 Å². The van der Waals surface area contributed by atoms with Crippen LogP contribution in [-0.2, 0) is 0 Å². The van der Waals surface area contributed by atoms with Crippen LogP contribution in [0.1, 0.15) is 21.8 Å². The van der Waals surface area contributed by atoms with Crippen molar-refractivity contribution in [3.8, 4) is 0 Å². The van der Waals surface area contributed by atoms with E-state index in [4.69, 9.17) is 11.6 Å². The number of hydrogen-bond acceptors (Lipinski definition) is 2. The Labute approximate surface area is 163 Å². The van der Waals surface area contributed by atoms with Gasteiger partial charge in [0.2, 0.25) is 0 Å². The van der Waals surface area contributed by atoms with Gasteiger partial charge in [-0.15, -0.1) is 0 Å². The highest BCUT2D eigenvalue weighted by molar-refractivity contribution is 6.30. The lowest BCUT2D eigenvalue weighted by molar-refractivity contribution is 0.0921. The fourth-order valence-electron chi connectivity index (χ4n) is 3.84. The van der Waals surface area contributed by atoms with Gasteiger partial charge in [-0.3, -0.25) is 4.79 Å². The number of carbonyl (C=O) groups is 1. The Bertz CT molecular complexity index is 942. The van der Waals surface area contributed by atoms with Crippen LogP contribution < -0.4 is 4.90 Å². The molecule has 2 atom stereocenters. The predicted octanol–water partition coefficient (Wildman–Crippen LogP) is 5.58. The molecule has 4 rings (SSSR count). The summed E-state index contributed by atoms with van der Waals surface area (Å²) in [6.07, 6.45) is 0. The molecular formula is C23H19ClFNO. The van der Waals surface area contributed by atoms with Gasteiger partial charge < -0.3 is 4.90 Å². The van der Waals surface area contributed by atoms with Gasteiger partial charge >= 0.3 is 0 Å². The first-order chi connectivity index (χ1) is 13.1. The van der Waals surface area contributed by atoms with Gasteiger partial charge in [-0.05, 0) is 48.0 Å². The highest BCUT2D eigenvalue weighted by Crippen LogP contribution is 2.38. The molecule has 2 unspecified atom stereocenters. The van der Waals surface area contributed by atoms with Gasteiger partial charge in [0.1, 0.15) is 5.82 Å². The van der Waals surface area contributed by atoms with Gasteiger partial charge in [0.05, 0.1) is 0 Å². The molecule has 0 N–H and O–H groups in total. The molecule has 0 spiro atoms. The number of carbonyl (C=O) groups excluding carboxylic acids is 1. The van der Waals surface area contributed by atoms with Crippen LogP contribution in [0.3, 0.4) is 0 Å². The fourth-order valence-corrected chi connectivity index (χ4v) is 3.96. The molecule has 0 saturated carbocycles. The summed E-state index contributed by atoms with van der Waals surface area (Å²) < 4.78 is 14.5. The maximum Gasteiger partial charge on any atom is 0.168 e. The molecule has 0 radical (unpaired) electrons. The van der Waals surface area contributed by atoms with E-state index in [1.54, 1.807) is 36.4 Å². The lowest BCUT2D eigenvalue weighted by Gasteiger charge is -2.18. The van der Waals surface area contributed by atoms with Crippen molar-refractivity contribution in [2.75, 3.05) is 18.0 Å². The number of benzene rings is 3. The Morgan fingerprint density at radius 1 is 0.889 bits per heavy atom. The zero-order chi connectivity index (χ0) is 18.8. The highest BCUT2D eigenvalue weighted by Gasteiger charge is 2.39. The lowest BCUT2D eigenvalue weighted by atomic mass is 9.83. The van der Waals surface area contributed by atoms with Gasteiger partial charge in [-0.1, -0.05) is 48.0 Å². The summed E-state index contributed by atoms with van der Waals surface area (Å²) in [5.74, 6) is -0.748. The summed E-state index contributed by atoms with van der Waals surface area (Å²) in [5, 5.41) is 0.592. The van der Waals surface area contributed by atoms with Crippen LogP contribution in [0, 0.1) is 11.7 Å². The van der Waals surface area contributed by atoms with E-state index in [9.17, 15) is 9.18 Å². The van der Waals surface area contributed by atoms with Crippen molar-refractivity contribution < 1.29 is 9.18 Å². The van der Waals surface area contributed by atoms with E-state index in [0.29, 0.717) is 29.2 Å². The van der Waals surface area contributed by atoms with Crippen LogP contribution >= 0.6 is 11.6 Å². The predicted molar refractivity (Wildman–Crippen MR) is 107 cm³/mol. The third-order valence-electron chi connectivity index (χ3n) is 5.21. The minimum Gasteiger partial charge on any atom is -0.370 e.